The standard InChI is InChI=1S/C14H10F2O3/c1-8-5-11(16)9(6-10(8)15)12(17)7-13(18)14-3-2-4-19-14/h2-6H,7H2,1H3. The number of carbonyl (C=O) groups is 2. The lowest BCUT2D eigenvalue weighted by Gasteiger charge is -2.04. The number of carbonyl (C=O) groups excluding carboxylic acids is 2. The topological polar surface area (TPSA) is 47.3 Å². The molecule has 2 rings (SSSR count). The van der Waals surface area contributed by atoms with Crippen LogP contribution in [0.25, 0.3) is 0 Å². The Balaban J connectivity index is 2.21. The Labute approximate surface area is 107 Å². The van der Waals surface area contributed by atoms with E-state index in [2.05, 4.69) is 0 Å². The number of ketones is 2. The van der Waals surface area contributed by atoms with Gasteiger partial charge in [-0.2, -0.15) is 0 Å². The summed E-state index contributed by atoms with van der Waals surface area (Å²) in [5.41, 5.74) is -0.325. The summed E-state index contributed by atoms with van der Waals surface area (Å²) in [4.78, 5) is 23.4. The number of furan rings is 1. The summed E-state index contributed by atoms with van der Waals surface area (Å²) in [5, 5.41) is 0. The van der Waals surface area contributed by atoms with E-state index in [1.807, 2.05) is 0 Å². The van der Waals surface area contributed by atoms with Crippen molar-refractivity contribution in [3.8, 4) is 0 Å². The molecule has 19 heavy (non-hydrogen) atoms. The van der Waals surface area contributed by atoms with Crippen LogP contribution in [-0.4, -0.2) is 11.6 Å². The third kappa shape index (κ3) is 2.76. The number of Topliss-reactive ketones (excluding diaryl/α,β-unsaturated/α-hetero) is 2. The zero-order valence-electron chi connectivity index (χ0n) is 10.1. The first-order valence-electron chi connectivity index (χ1n) is 5.54. The van der Waals surface area contributed by atoms with Crippen LogP contribution in [0, 0.1) is 18.6 Å². The molecule has 3 nitrogen and oxygen atoms in total. The molecule has 0 spiro atoms. The predicted octanol–water partition coefficient (Wildman–Crippen LogP) is 3.32. The molecule has 0 aliphatic carbocycles. The molecule has 0 saturated heterocycles. The highest BCUT2D eigenvalue weighted by Crippen LogP contribution is 2.17. The molecule has 0 saturated carbocycles. The number of hydrogen-bond donors (Lipinski definition) is 0. The van der Waals surface area contributed by atoms with Crippen LogP contribution in [0.5, 0.6) is 0 Å². The molecule has 0 N–H and O–H groups in total. The fourth-order valence-corrected chi connectivity index (χ4v) is 1.63. The van der Waals surface area contributed by atoms with Crippen LogP contribution in [0.3, 0.4) is 0 Å². The van der Waals surface area contributed by atoms with Gasteiger partial charge in [-0.1, -0.05) is 0 Å². The summed E-state index contributed by atoms with van der Waals surface area (Å²) in [5.74, 6) is -2.86. The van der Waals surface area contributed by atoms with Gasteiger partial charge < -0.3 is 4.42 Å². The first kappa shape index (κ1) is 13.1. The first-order chi connectivity index (χ1) is 8.99. The minimum atomic E-state index is -0.837. The first-order valence-corrected chi connectivity index (χ1v) is 5.54. The van der Waals surface area contributed by atoms with Gasteiger partial charge in [0.05, 0.1) is 18.2 Å². The number of halogens is 2. The zero-order chi connectivity index (χ0) is 14.0. The normalized spacial score (nSPS) is 10.5. The van der Waals surface area contributed by atoms with E-state index < -0.39 is 35.2 Å². The molecule has 0 bridgehead atoms. The highest BCUT2D eigenvalue weighted by molar-refractivity contribution is 6.12. The van der Waals surface area contributed by atoms with Crippen molar-refractivity contribution in [2.24, 2.45) is 0 Å². The Bertz CT molecular complexity index is 630. The van der Waals surface area contributed by atoms with Crippen LogP contribution in [0.4, 0.5) is 8.78 Å². The van der Waals surface area contributed by atoms with Crippen molar-refractivity contribution in [2.75, 3.05) is 0 Å². The fourth-order valence-electron chi connectivity index (χ4n) is 1.63. The predicted molar refractivity (Wildman–Crippen MR) is 63.1 cm³/mol. The summed E-state index contributed by atoms with van der Waals surface area (Å²) in [6.45, 7) is 1.39. The third-order valence-corrected chi connectivity index (χ3v) is 2.67. The number of hydrogen-bond acceptors (Lipinski definition) is 3. The van der Waals surface area contributed by atoms with E-state index in [4.69, 9.17) is 4.42 Å². The van der Waals surface area contributed by atoms with Gasteiger partial charge in [-0.3, -0.25) is 9.59 Å². The van der Waals surface area contributed by atoms with Crippen molar-refractivity contribution in [2.45, 2.75) is 13.3 Å². The van der Waals surface area contributed by atoms with Gasteiger partial charge in [-0.15, -0.1) is 0 Å². The molecule has 0 amide bonds. The van der Waals surface area contributed by atoms with Crippen molar-refractivity contribution in [3.63, 3.8) is 0 Å². The van der Waals surface area contributed by atoms with Crippen molar-refractivity contribution < 1.29 is 22.8 Å². The SMILES string of the molecule is Cc1cc(F)c(C(=O)CC(=O)c2ccco2)cc1F. The molecule has 0 unspecified atom stereocenters. The molecule has 0 radical (unpaired) electrons. The maximum atomic E-state index is 13.6. The van der Waals surface area contributed by atoms with E-state index in [0.717, 1.165) is 12.1 Å². The maximum absolute atomic E-state index is 13.6. The van der Waals surface area contributed by atoms with Crippen LogP contribution < -0.4 is 0 Å². The second kappa shape index (κ2) is 5.14. The highest BCUT2D eigenvalue weighted by atomic mass is 19.1. The molecule has 0 atom stereocenters. The lowest BCUT2D eigenvalue weighted by atomic mass is 10.0. The lowest BCUT2D eigenvalue weighted by Crippen LogP contribution is -2.10. The molecule has 5 heteroatoms. The van der Waals surface area contributed by atoms with E-state index in [0.29, 0.717) is 0 Å². The molecular formula is C14H10F2O3. The monoisotopic (exact) mass is 264 g/mol. The Morgan fingerprint density at radius 3 is 2.53 bits per heavy atom. The lowest BCUT2D eigenvalue weighted by molar-refractivity contribution is 0.0876. The van der Waals surface area contributed by atoms with Crippen molar-refractivity contribution in [1.29, 1.82) is 0 Å². The van der Waals surface area contributed by atoms with Crippen LogP contribution in [-0.2, 0) is 0 Å². The van der Waals surface area contributed by atoms with Gasteiger partial charge in [0.15, 0.2) is 11.5 Å². The fraction of sp³-hybridized carbons (Fsp3) is 0.143. The summed E-state index contributed by atoms with van der Waals surface area (Å²) < 4.78 is 31.7. The van der Waals surface area contributed by atoms with Gasteiger partial charge >= 0.3 is 0 Å². The van der Waals surface area contributed by atoms with Gasteiger partial charge in [0.1, 0.15) is 11.6 Å². The zero-order valence-corrected chi connectivity index (χ0v) is 10.1. The van der Waals surface area contributed by atoms with Gasteiger partial charge in [-0.25, -0.2) is 8.78 Å². The quantitative estimate of drug-likeness (QED) is 0.628. The average molecular weight is 264 g/mol. The second-order valence-corrected chi connectivity index (χ2v) is 4.08. The molecule has 98 valence electrons. The molecule has 2 aromatic rings. The summed E-state index contributed by atoms with van der Waals surface area (Å²) in [6.07, 6.45) is 0.733. The summed E-state index contributed by atoms with van der Waals surface area (Å²) >= 11 is 0. The van der Waals surface area contributed by atoms with Gasteiger partial charge in [0, 0.05) is 0 Å². The molecule has 1 heterocycles. The molecule has 0 fully saturated rings. The Morgan fingerprint density at radius 2 is 1.89 bits per heavy atom. The minimum Gasteiger partial charge on any atom is -0.461 e. The Hall–Kier alpha value is -2.30. The van der Waals surface area contributed by atoms with E-state index in [9.17, 15) is 18.4 Å². The Kier molecular flexibility index (Phi) is 3.55. The number of benzene rings is 1. The van der Waals surface area contributed by atoms with E-state index in [1.165, 1.54) is 25.3 Å². The minimum absolute atomic E-state index is 0.0151. The molecule has 0 aliphatic heterocycles. The average Bonchev–Trinajstić information content (AvgIpc) is 2.87. The molecular weight excluding hydrogens is 254 g/mol. The van der Waals surface area contributed by atoms with Crippen molar-refractivity contribution >= 4 is 11.6 Å². The van der Waals surface area contributed by atoms with Gasteiger partial charge in [-0.05, 0) is 36.8 Å². The third-order valence-electron chi connectivity index (χ3n) is 2.67. The number of rotatable bonds is 4. The van der Waals surface area contributed by atoms with E-state index in [1.54, 1.807) is 0 Å². The van der Waals surface area contributed by atoms with Crippen molar-refractivity contribution in [1.82, 2.24) is 0 Å². The maximum Gasteiger partial charge on any atom is 0.205 e. The van der Waals surface area contributed by atoms with Crippen LogP contribution in [0.1, 0.15) is 32.9 Å². The number of aryl methyl sites for hydroxylation is 1. The van der Waals surface area contributed by atoms with Crippen LogP contribution in [0.15, 0.2) is 34.9 Å². The van der Waals surface area contributed by atoms with Crippen LogP contribution >= 0.6 is 0 Å². The summed E-state index contributed by atoms with van der Waals surface area (Å²) in [7, 11) is 0. The van der Waals surface area contributed by atoms with Gasteiger partial charge in [0.2, 0.25) is 5.78 Å². The van der Waals surface area contributed by atoms with E-state index >= 15 is 0 Å². The largest absolute Gasteiger partial charge is 0.461 e. The molecule has 1 aromatic heterocycles. The summed E-state index contributed by atoms with van der Waals surface area (Å²) in [6, 6.07) is 4.65. The van der Waals surface area contributed by atoms with Crippen LogP contribution in [0.2, 0.25) is 0 Å². The molecule has 0 aliphatic rings. The van der Waals surface area contributed by atoms with Crippen molar-refractivity contribution in [3.05, 3.63) is 59.1 Å². The Morgan fingerprint density at radius 1 is 1.16 bits per heavy atom. The second-order valence-electron chi connectivity index (χ2n) is 4.08. The van der Waals surface area contributed by atoms with E-state index in [-0.39, 0.29) is 11.3 Å². The smallest absolute Gasteiger partial charge is 0.205 e. The highest BCUT2D eigenvalue weighted by Gasteiger charge is 2.19. The van der Waals surface area contributed by atoms with Gasteiger partial charge in [0.25, 0.3) is 0 Å². The molecule has 1 aromatic carbocycles.